The second-order valence-corrected chi connectivity index (χ2v) is 11.1. The highest BCUT2D eigenvalue weighted by atomic mass is 32.2. The maximum absolute atomic E-state index is 12.8. The van der Waals surface area contributed by atoms with Gasteiger partial charge in [0.1, 0.15) is 5.82 Å². The van der Waals surface area contributed by atoms with Crippen molar-refractivity contribution in [1.82, 2.24) is 14.9 Å². The standard InChI is InChI=1S/C23H31N5O4S/c1-18(2)33(30,31)20-5-3-19(4-6-20)17-22(29)27-11-9-26(10-12-27)21-7-8-24-23(25-21)28-13-15-32-16-14-28/h3-8,18H,9-17H2,1-2H3. The maximum Gasteiger partial charge on any atom is 0.227 e. The Hall–Kier alpha value is -2.72. The summed E-state index contributed by atoms with van der Waals surface area (Å²) in [5.74, 6) is 1.64. The van der Waals surface area contributed by atoms with Gasteiger partial charge in [0.15, 0.2) is 9.84 Å². The van der Waals surface area contributed by atoms with E-state index in [1.165, 1.54) is 0 Å². The Morgan fingerprint density at radius 1 is 0.970 bits per heavy atom. The highest BCUT2D eigenvalue weighted by Crippen LogP contribution is 2.19. The normalized spacial score (nSPS) is 17.5. The van der Waals surface area contributed by atoms with Crippen LogP contribution in [0.25, 0.3) is 0 Å². The lowest BCUT2D eigenvalue weighted by Gasteiger charge is -2.36. The van der Waals surface area contributed by atoms with Gasteiger partial charge in [0.25, 0.3) is 0 Å². The molecule has 178 valence electrons. The molecule has 1 aromatic carbocycles. The molecule has 0 radical (unpaired) electrons. The van der Waals surface area contributed by atoms with Gasteiger partial charge >= 0.3 is 0 Å². The van der Waals surface area contributed by atoms with Crippen LogP contribution in [0.1, 0.15) is 19.4 Å². The van der Waals surface area contributed by atoms with Crippen molar-refractivity contribution in [3.8, 4) is 0 Å². The van der Waals surface area contributed by atoms with Gasteiger partial charge in [0.2, 0.25) is 11.9 Å². The van der Waals surface area contributed by atoms with Crippen LogP contribution in [0.2, 0.25) is 0 Å². The Morgan fingerprint density at radius 2 is 1.64 bits per heavy atom. The number of anilines is 2. The molecule has 10 heteroatoms. The summed E-state index contributed by atoms with van der Waals surface area (Å²) < 4.78 is 30.0. The third-order valence-electron chi connectivity index (χ3n) is 6.11. The number of nitrogens with zero attached hydrogens (tertiary/aromatic N) is 5. The average molecular weight is 474 g/mol. The van der Waals surface area contributed by atoms with Gasteiger partial charge in [-0.3, -0.25) is 4.79 Å². The van der Waals surface area contributed by atoms with Crippen molar-refractivity contribution >= 4 is 27.5 Å². The number of hydrogen-bond donors (Lipinski definition) is 0. The summed E-state index contributed by atoms with van der Waals surface area (Å²) in [4.78, 5) is 28.4. The lowest BCUT2D eigenvalue weighted by atomic mass is 10.1. The monoisotopic (exact) mass is 473 g/mol. The first-order valence-electron chi connectivity index (χ1n) is 11.4. The minimum absolute atomic E-state index is 0.0470. The van der Waals surface area contributed by atoms with Gasteiger partial charge in [-0.25, -0.2) is 13.4 Å². The third-order valence-corrected chi connectivity index (χ3v) is 8.28. The van der Waals surface area contributed by atoms with Crippen molar-refractivity contribution in [2.75, 3.05) is 62.3 Å². The number of aromatic nitrogens is 2. The summed E-state index contributed by atoms with van der Waals surface area (Å²) in [5.41, 5.74) is 0.816. The number of benzene rings is 1. The first kappa shape index (κ1) is 23.4. The van der Waals surface area contributed by atoms with Crippen molar-refractivity contribution in [2.24, 2.45) is 0 Å². The number of piperazine rings is 1. The maximum atomic E-state index is 12.8. The molecular formula is C23H31N5O4S. The Balaban J connectivity index is 1.32. The van der Waals surface area contributed by atoms with Crippen molar-refractivity contribution in [1.29, 1.82) is 0 Å². The predicted octanol–water partition coefficient (Wildman–Crippen LogP) is 1.39. The van der Waals surface area contributed by atoms with Crippen LogP contribution in [-0.4, -0.2) is 86.9 Å². The SMILES string of the molecule is CC(C)S(=O)(=O)c1ccc(CC(=O)N2CCN(c3ccnc(N4CCOCC4)n3)CC2)cc1. The van der Waals surface area contributed by atoms with E-state index in [1.54, 1.807) is 44.3 Å². The summed E-state index contributed by atoms with van der Waals surface area (Å²) in [6.07, 6.45) is 2.05. The molecule has 2 fully saturated rings. The fourth-order valence-corrected chi connectivity index (χ4v) is 5.03. The molecule has 2 aliphatic heterocycles. The summed E-state index contributed by atoms with van der Waals surface area (Å²) in [6.45, 7) is 8.93. The van der Waals surface area contributed by atoms with E-state index in [1.807, 2.05) is 11.0 Å². The van der Waals surface area contributed by atoms with E-state index in [2.05, 4.69) is 14.8 Å². The van der Waals surface area contributed by atoms with E-state index in [9.17, 15) is 13.2 Å². The van der Waals surface area contributed by atoms with Gasteiger partial charge in [-0.05, 0) is 37.6 Å². The summed E-state index contributed by atoms with van der Waals surface area (Å²) in [5, 5.41) is -0.471. The van der Waals surface area contributed by atoms with Crippen LogP contribution >= 0.6 is 0 Å². The molecule has 2 aromatic rings. The summed E-state index contributed by atoms with van der Waals surface area (Å²) >= 11 is 0. The molecule has 0 saturated carbocycles. The Morgan fingerprint density at radius 3 is 2.27 bits per heavy atom. The van der Waals surface area contributed by atoms with Crippen LogP contribution in [0.4, 0.5) is 11.8 Å². The molecule has 2 saturated heterocycles. The number of ether oxygens (including phenoxy) is 1. The molecule has 0 spiro atoms. The van der Waals surface area contributed by atoms with Crippen LogP contribution in [0, 0.1) is 0 Å². The quantitative estimate of drug-likeness (QED) is 0.621. The highest BCUT2D eigenvalue weighted by molar-refractivity contribution is 7.92. The fraction of sp³-hybridized carbons (Fsp3) is 0.522. The number of amides is 1. The molecule has 33 heavy (non-hydrogen) atoms. The number of carbonyl (C=O) groups excluding carboxylic acids is 1. The van der Waals surface area contributed by atoms with E-state index in [4.69, 9.17) is 9.72 Å². The van der Waals surface area contributed by atoms with E-state index in [0.29, 0.717) is 44.3 Å². The van der Waals surface area contributed by atoms with Gasteiger partial charge in [0.05, 0.1) is 29.8 Å². The molecule has 2 aliphatic rings. The van der Waals surface area contributed by atoms with Crippen molar-refractivity contribution in [2.45, 2.75) is 30.4 Å². The van der Waals surface area contributed by atoms with Crippen LogP contribution in [-0.2, 0) is 25.8 Å². The molecule has 4 rings (SSSR count). The number of sulfone groups is 1. The van der Waals surface area contributed by atoms with Gasteiger partial charge in [0, 0.05) is 45.5 Å². The summed E-state index contributed by atoms with van der Waals surface area (Å²) in [7, 11) is -3.31. The lowest BCUT2D eigenvalue weighted by molar-refractivity contribution is -0.130. The molecule has 1 amide bonds. The second kappa shape index (κ2) is 10.0. The Labute approximate surface area is 195 Å². The van der Waals surface area contributed by atoms with E-state index >= 15 is 0 Å². The number of hydrogen-bond acceptors (Lipinski definition) is 8. The number of morpholine rings is 1. The number of rotatable bonds is 6. The van der Waals surface area contributed by atoms with Crippen LogP contribution in [0.15, 0.2) is 41.4 Å². The molecular weight excluding hydrogens is 442 g/mol. The van der Waals surface area contributed by atoms with Crippen LogP contribution in [0.5, 0.6) is 0 Å². The van der Waals surface area contributed by atoms with Crippen molar-refractivity contribution in [3.05, 3.63) is 42.1 Å². The molecule has 1 aromatic heterocycles. The minimum atomic E-state index is -3.31. The number of carbonyl (C=O) groups is 1. The highest BCUT2D eigenvalue weighted by Gasteiger charge is 2.24. The molecule has 0 atom stereocenters. The summed E-state index contributed by atoms with van der Waals surface area (Å²) in [6, 6.07) is 8.57. The Kier molecular flexibility index (Phi) is 7.14. The van der Waals surface area contributed by atoms with E-state index in [0.717, 1.165) is 30.4 Å². The van der Waals surface area contributed by atoms with Gasteiger partial charge in [-0.2, -0.15) is 4.98 Å². The predicted molar refractivity (Wildman–Crippen MR) is 126 cm³/mol. The first-order chi connectivity index (χ1) is 15.8. The molecule has 9 nitrogen and oxygen atoms in total. The zero-order valence-electron chi connectivity index (χ0n) is 19.2. The third kappa shape index (κ3) is 5.44. The molecule has 3 heterocycles. The van der Waals surface area contributed by atoms with Crippen LogP contribution < -0.4 is 9.80 Å². The second-order valence-electron chi connectivity index (χ2n) is 8.60. The van der Waals surface area contributed by atoms with Gasteiger partial charge < -0.3 is 19.4 Å². The lowest BCUT2D eigenvalue weighted by Crippen LogP contribution is -2.49. The molecule has 0 bridgehead atoms. The minimum Gasteiger partial charge on any atom is -0.378 e. The molecule has 0 aliphatic carbocycles. The largest absolute Gasteiger partial charge is 0.378 e. The van der Waals surface area contributed by atoms with Gasteiger partial charge in [-0.1, -0.05) is 12.1 Å². The average Bonchev–Trinajstić information content (AvgIpc) is 2.85. The Bertz CT molecular complexity index is 1060. The molecule has 0 unspecified atom stereocenters. The zero-order valence-corrected chi connectivity index (χ0v) is 20.0. The zero-order chi connectivity index (χ0) is 23.4. The smallest absolute Gasteiger partial charge is 0.227 e. The topological polar surface area (TPSA) is 95.9 Å². The van der Waals surface area contributed by atoms with E-state index in [-0.39, 0.29) is 12.3 Å². The first-order valence-corrected chi connectivity index (χ1v) is 12.9. The molecule has 0 N–H and O–H groups in total. The van der Waals surface area contributed by atoms with Crippen molar-refractivity contribution < 1.29 is 17.9 Å². The van der Waals surface area contributed by atoms with Crippen LogP contribution in [0.3, 0.4) is 0 Å². The fourth-order valence-electron chi connectivity index (χ4n) is 3.97. The van der Waals surface area contributed by atoms with Crippen molar-refractivity contribution in [3.63, 3.8) is 0 Å². The van der Waals surface area contributed by atoms with Gasteiger partial charge in [-0.15, -0.1) is 0 Å². The van der Waals surface area contributed by atoms with E-state index < -0.39 is 15.1 Å².